The van der Waals surface area contributed by atoms with Crippen LogP contribution < -0.4 is 10.6 Å². The van der Waals surface area contributed by atoms with Crippen LogP contribution in [0.4, 0.5) is 10.1 Å². The van der Waals surface area contributed by atoms with Gasteiger partial charge in [-0.2, -0.15) is 5.26 Å². The molecule has 1 rings (SSSR count). The third kappa shape index (κ3) is 2.91. The first-order valence-electron chi connectivity index (χ1n) is 4.47. The molecule has 0 fully saturated rings. The Morgan fingerprint density at radius 2 is 2.20 bits per heavy atom. The number of benzene rings is 1. The van der Waals surface area contributed by atoms with E-state index in [1.807, 2.05) is 13.1 Å². The normalized spacial score (nSPS) is 9.73. The molecule has 5 heteroatoms. The summed E-state index contributed by atoms with van der Waals surface area (Å²) in [6.07, 6.45) is 0. The second-order valence-corrected chi connectivity index (χ2v) is 3.72. The minimum atomic E-state index is -0.426. The molecule has 0 saturated carbocycles. The van der Waals surface area contributed by atoms with Crippen molar-refractivity contribution in [3.8, 4) is 6.07 Å². The Hall–Kier alpha value is -1.12. The van der Waals surface area contributed by atoms with Gasteiger partial charge in [-0.15, -0.1) is 0 Å². The summed E-state index contributed by atoms with van der Waals surface area (Å²) >= 11 is 3.05. The highest BCUT2D eigenvalue weighted by atomic mass is 79.9. The smallest absolute Gasteiger partial charge is 0.161 e. The standard InChI is InChI=1S/C10H11BrFN3/c1-14-4-5-15-8-3-2-7(6-13)9(11)10(8)12/h2-3,14-15H,4-5H2,1H3. The number of rotatable bonds is 4. The zero-order valence-electron chi connectivity index (χ0n) is 8.27. The molecule has 0 unspecified atom stereocenters. The maximum absolute atomic E-state index is 13.6. The van der Waals surface area contributed by atoms with Crippen LogP contribution in [0.25, 0.3) is 0 Å². The molecule has 0 saturated heterocycles. The van der Waals surface area contributed by atoms with Crippen LogP contribution in [0.1, 0.15) is 5.56 Å². The quantitative estimate of drug-likeness (QED) is 0.825. The first-order valence-corrected chi connectivity index (χ1v) is 5.26. The van der Waals surface area contributed by atoms with Gasteiger partial charge < -0.3 is 10.6 Å². The van der Waals surface area contributed by atoms with Crippen molar-refractivity contribution in [2.75, 3.05) is 25.5 Å². The van der Waals surface area contributed by atoms with Crippen molar-refractivity contribution < 1.29 is 4.39 Å². The maximum Gasteiger partial charge on any atom is 0.161 e. The summed E-state index contributed by atoms with van der Waals surface area (Å²) in [6.45, 7) is 1.38. The van der Waals surface area contributed by atoms with Gasteiger partial charge in [-0.25, -0.2) is 4.39 Å². The second-order valence-electron chi connectivity index (χ2n) is 2.93. The summed E-state index contributed by atoms with van der Waals surface area (Å²) in [5.41, 5.74) is 0.697. The molecular formula is C10H11BrFN3. The summed E-state index contributed by atoms with van der Waals surface area (Å²) in [4.78, 5) is 0. The average molecular weight is 272 g/mol. The van der Waals surface area contributed by atoms with Gasteiger partial charge in [0.1, 0.15) is 6.07 Å². The number of nitriles is 1. The van der Waals surface area contributed by atoms with Crippen LogP contribution in [0, 0.1) is 17.1 Å². The van der Waals surface area contributed by atoms with Gasteiger partial charge in [-0.1, -0.05) is 0 Å². The fraction of sp³-hybridized carbons (Fsp3) is 0.300. The molecule has 0 bridgehead atoms. The van der Waals surface area contributed by atoms with E-state index in [0.29, 0.717) is 17.8 Å². The van der Waals surface area contributed by atoms with Gasteiger partial charge in [0.15, 0.2) is 5.82 Å². The number of halogens is 2. The van der Waals surface area contributed by atoms with Gasteiger partial charge in [-0.3, -0.25) is 0 Å². The van der Waals surface area contributed by atoms with Crippen LogP contribution in [-0.4, -0.2) is 20.1 Å². The van der Waals surface area contributed by atoms with Gasteiger partial charge in [0.05, 0.1) is 15.7 Å². The molecule has 15 heavy (non-hydrogen) atoms. The highest BCUT2D eigenvalue weighted by Gasteiger charge is 2.10. The molecule has 0 aromatic heterocycles. The largest absolute Gasteiger partial charge is 0.381 e. The molecule has 0 aliphatic rings. The molecule has 0 aliphatic heterocycles. The third-order valence-electron chi connectivity index (χ3n) is 1.89. The zero-order chi connectivity index (χ0) is 11.3. The van der Waals surface area contributed by atoms with E-state index in [2.05, 4.69) is 26.6 Å². The molecular weight excluding hydrogens is 261 g/mol. The van der Waals surface area contributed by atoms with E-state index in [0.717, 1.165) is 6.54 Å². The van der Waals surface area contributed by atoms with E-state index >= 15 is 0 Å². The molecule has 80 valence electrons. The molecule has 3 nitrogen and oxygen atoms in total. The third-order valence-corrected chi connectivity index (χ3v) is 2.67. The summed E-state index contributed by atoms with van der Waals surface area (Å²) in [6, 6.07) is 5.05. The van der Waals surface area contributed by atoms with E-state index in [4.69, 9.17) is 5.26 Å². The molecule has 2 N–H and O–H groups in total. The summed E-state index contributed by atoms with van der Waals surface area (Å²) in [7, 11) is 1.83. The van der Waals surface area contributed by atoms with Gasteiger partial charge in [-0.05, 0) is 35.1 Å². The highest BCUT2D eigenvalue weighted by molar-refractivity contribution is 9.10. The molecule has 0 atom stereocenters. The first-order chi connectivity index (χ1) is 7.20. The molecule has 0 radical (unpaired) electrons. The second kappa shape index (κ2) is 5.69. The number of likely N-dealkylation sites (N-methyl/N-ethyl adjacent to an activating group) is 1. The predicted molar refractivity (Wildman–Crippen MR) is 61.2 cm³/mol. The topological polar surface area (TPSA) is 47.8 Å². The minimum absolute atomic E-state index is 0.208. The zero-order valence-corrected chi connectivity index (χ0v) is 9.86. The van der Waals surface area contributed by atoms with Gasteiger partial charge in [0.2, 0.25) is 0 Å². The SMILES string of the molecule is CNCCNc1ccc(C#N)c(Br)c1F. The Morgan fingerprint density at radius 3 is 2.80 bits per heavy atom. The lowest BCUT2D eigenvalue weighted by Crippen LogP contribution is -2.18. The number of anilines is 1. The van der Waals surface area contributed by atoms with Crippen molar-refractivity contribution in [3.05, 3.63) is 28.0 Å². The first kappa shape index (κ1) is 12.0. The van der Waals surface area contributed by atoms with Crippen LogP contribution in [0.15, 0.2) is 16.6 Å². The maximum atomic E-state index is 13.6. The predicted octanol–water partition coefficient (Wildman–Crippen LogP) is 2.09. The molecule has 0 aliphatic carbocycles. The lowest BCUT2D eigenvalue weighted by molar-refractivity contribution is 0.622. The van der Waals surface area contributed by atoms with Gasteiger partial charge in [0.25, 0.3) is 0 Å². The highest BCUT2D eigenvalue weighted by Crippen LogP contribution is 2.26. The molecule has 0 spiro atoms. The average Bonchev–Trinajstić information content (AvgIpc) is 2.25. The minimum Gasteiger partial charge on any atom is -0.381 e. The van der Waals surface area contributed by atoms with Gasteiger partial charge in [0, 0.05) is 13.1 Å². The Bertz CT molecular complexity index is 387. The van der Waals surface area contributed by atoms with Crippen molar-refractivity contribution in [2.45, 2.75) is 0 Å². The summed E-state index contributed by atoms with van der Waals surface area (Å²) in [5, 5.41) is 14.5. The number of hydrogen-bond acceptors (Lipinski definition) is 3. The fourth-order valence-electron chi connectivity index (χ4n) is 1.09. The van der Waals surface area contributed by atoms with E-state index in [1.54, 1.807) is 12.1 Å². The monoisotopic (exact) mass is 271 g/mol. The molecule has 1 aromatic carbocycles. The van der Waals surface area contributed by atoms with Crippen LogP contribution in [0.2, 0.25) is 0 Å². The summed E-state index contributed by atoms with van der Waals surface area (Å²) < 4.78 is 13.8. The number of nitrogens with zero attached hydrogens (tertiary/aromatic N) is 1. The Morgan fingerprint density at radius 1 is 1.47 bits per heavy atom. The lowest BCUT2D eigenvalue weighted by atomic mass is 10.2. The lowest BCUT2D eigenvalue weighted by Gasteiger charge is -2.08. The van der Waals surface area contributed by atoms with E-state index in [9.17, 15) is 4.39 Å². The number of nitrogens with one attached hydrogen (secondary N) is 2. The van der Waals surface area contributed by atoms with Crippen molar-refractivity contribution >= 4 is 21.6 Å². The molecule has 0 heterocycles. The summed E-state index contributed by atoms with van der Waals surface area (Å²) in [5.74, 6) is -0.426. The van der Waals surface area contributed by atoms with Crippen molar-refractivity contribution in [2.24, 2.45) is 0 Å². The van der Waals surface area contributed by atoms with Crippen molar-refractivity contribution in [3.63, 3.8) is 0 Å². The van der Waals surface area contributed by atoms with Crippen LogP contribution in [-0.2, 0) is 0 Å². The molecule has 1 aromatic rings. The number of hydrogen-bond donors (Lipinski definition) is 2. The van der Waals surface area contributed by atoms with Crippen molar-refractivity contribution in [1.29, 1.82) is 5.26 Å². The van der Waals surface area contributed by atoms with Gasteiger partial charge >= 0.3 is 0 Å². The molecule has 0 amide bonds. The van der Waals surface area contributed by atoms with E-state index in [-0.39, 0.29) is 4.47 Å². The van der Waals surface area contributed by atoms with E-state index < -0.39 is 5.82 Å². The Labute approximate surface area is 96.4 Å². The van der Waals surface area contributed by atoms with Crippen LogP contribution in [0.5, 0.6) is 0 Å². The van der Waals surface area contributed by atoms with E-state index in [1.165, 1.54) is 0 Å². The van der Waals surface area contributed by atoms with Crippen molar-refractivity contribution in [1.82, 2.24) is 5.32 Å². The van der Waals surface area contributed by atoms with Crippen LogP contribution >= 0.6 is 15.9 Å². The van der Waals surface area contributed by atoms with Crippen LogP contribution in [0.3, 0.4) is 0 Å². The Balaban J connectivity index is 2.83. The fourth-order valence-corrected chi connectivity index (χ4v) is 1.53. The Kier molecular flexibility index (Phi) is 4.53.